The second-order valence-corrected chi connectivity index (χ2v) is 10.9. The number of fused-ring (bicyclic) bond motifs is 1. The molecule has 1 unspecified atom stereocenters. The van der Waals surface area contributed by atoms with Gasteiger partial charge in [-0.25, -0.2) is 9.79 Å². The van der Waals surface area contributed by atoms with Crippen LogP contribution in [0.15, 0.2) is 63.5 Å². The van der Waals surface area contributed by atoms with E-state index in [-0.39, 0.29) is 23.4 Å². The molecule has 1 atom stereocenters. The zero-order valence-electron chi connectivity index (χ0n) is 23.3. The summed E-state index contributed by atoms with van der Waals surface area (Å²) in [5, 5.41) is 11.6. The van der Waals surface area contributed by atoms with E-state index >= 15 is 0 Å². The van der Waals surface area contributed by atoms with Crippen LogP contribution in [-0.2, 0) is 9.53 Å². The number of thiazole rings is 1. The van der Waals surface area contributed by atoms with E-state index in [0.717, 1.165) is 31.9 Å². The minimum atomic E-state index is -0.763. The fraction of sp³-hybridized carbons (Fsp3) is 0.345. The minimum Gasteiger partial charge on any atom is -0.497 e. The number of allylic oxidation sites excluding steroid dienone is 1. The number of nitro groups is 1. The van der Waals surface area contributed by atoms with Gasteiger partial charge in [0.15, 0.2) is 4.80 Å². The highest BCUT2D eigenvalue weighted by Gasteiger charge is 2.33. The Morgan fingerprint density at radius 1 is 1.17 bits per heavy atom. The Hall–Kier alpha value is -4.29. The lowest BCUT2D eigenvalue weighted by Gasteiger charge is -2.34. The van der Waals surface area contributed by atoms with Gasteiger partial charge in [0, 0.05) is 49.6 Å². The molecule has 0 bridgehead atoms. The maximum absolute atomic E-state index is 14.0. The first-order valence-corrected chi connectivity index (χ1v) is 14.1. The number of rotatable bonds is 7. The van der Waals surface area contributed by atoms with Crippen LogP contribution in [0.3, 0.4) is 0 Å². The number of anilines is 1. The summed E-state index contributed by atoms with van der Waals surface area (Å²) in [7, 11) is 3.62. The Bertz CT molecular complexity index is 1700. The van der Waals surface area contributed by atoms with Crippen LogP contribution < -0.4 is 24.5 Å². The fourth-order valence-corrected chi connectivity index (χ4v) is 6.18. The molecule has 0 amide bonds. The Balaban J connectivity index is 1.69. The Morgan fingerprint density at radius 3 is 2.51 bits per heavy atom. The van der Waals surface area contributed by atoms with Crippen molar-refractivity contribution in [1.29, 1.82) is 0 Å². The van der Waals surface area contributed by atoms with E-state index in [1.807, 2.05) is 12.1 Å². The van der Waals surface area contributed by atoms with Crippen molar-refractivity contribution < 1.29 is 19.2 Å². The number of esters is 1. The van der Waals surface area contributed by atoms with Crippen LogP contribution in [0.25, 0.3) is 6.08 Å². The number of benzene rings is 2. The number of piperazine rings is 1. The summed E-state index contributed by atoms with van der Waals surface area (Å²) in [4.78, 5) is 47.8. The Kier molecular flexibility index (Phi) is 8.04. The summed E-state index contributed by atoms with van der Waals surface area (Å²) < 4.78 is 12.5. The van der Waals surface area contributed by atoms with Crippen molar-refractivity contribution in [2.45, 2.75) is 19.9 Å². The number of aromatic nitrogens is 1. The molecule has 0 N–H and O–H groups in total. The number of nitro benzene ring substituents is 1. The second kappa shape index (κ2) is 11.7. The van der Waals surface area contributed by atoms with Crippen LogP contribution in [0.4, 0.5) is 11.4 Å². The summed E-state index contributed by atoms with van der Waals surface area (Å²) in [6.07, 6.45) is 1.69. The summed E-state index contributed by atoms with van der Waals surface area (Å²) in [5.74, 6) is 0.0986. The number of hydrogen-bond acceptors (Lipinski definition) is 10. The average Bonchev–Trinajstić information content (AvgIpc) is 3.26. The van der Waals surface area contributed by atoms with Crippen molar-refractivity contribution in [1.82, 2.24) is 9.47 Å². The lowest BCUT2D eigenvalue weighted by Crippen LogP contribution is -2.44. The van der Waals surface area contributed by atoms with E-state index in [0.29, 0.717) is 31.9 Å². The third kappa shape index (κ3) is 5.52. The van der Waals surface area contributed by atoms with Crippen molar-refractivity contribution in [2.24, 2.45) is 4.99 Å². The molecule has 1 fully saturated rings. The molecule has 5 rings (SSSR count). The summed E-state index contributed by atoms with van der Waals surface area (Å²) in [6.45, 7) is 6.87. The van der Waals surface area contributed by atoms with E-state index in [9.17, 15) is 19.7 Å². The first-order chi connectivity index (χ1) is 19.7. The van der Waals surface area contributed by atoms with Crippen molar-refractivity contribution in [3.05, 3.63) is 94.7 Å². The van der Waals surface area contributed by atoms with Crippen molar-refractivity contribution in [3.63, 3.8) is 0 Å². The SMILES string of the molecule is CCOC(=O)C1=C(C)N=c2sc(=Cc3cc([N+](=O)[O-])ccc3N3CCN(C)CC3)c(=O)n2C1c1ccc(OC)cc1. The predicted molar refractivity (Wildman–Crippen MR) is 156 cm³/mol. The Labute approximate surface area is 240 Å². The third-order valence-corrected chi connectivity index (χ3v) is 8.28. The van der Waals surface area contributed by atoms with Crippen LogP contribution in [-0.4, -0.2) is 67.3 Å². The van der Waals surface area contributed by atoms with Gasteiger partial charge in [-0.1, -0.05) is 23.5 Å². The second-order valence-electron chi connectivity index (χ2n) is 9.87. The fourth-order valence-electron chi connectivity index (χ4n) is 5.14. The van der Waals surface area contributed by atoms with Crippen molar-refractivity contribution in [2.75, 3.05) is 51.8 Å². The number of hydrogen-bond donors (Lipinski definition) is 0. The van der Waals surface area contributed by atoms with E-state index in [1.54, 1.807) is 45.2 Å². The van der Waals surface area contributed by atoms with Gasteiger partial charge in [-0.05, 0) is 50.7 Å². The minimum absolute atomic E-state index is 0.0570. The van der Waals surface area contributed by atoms with Crippen LogP contribution in [0.2, 0.25) is 0 Å². The lowest BCUT2D eigenvalue weighted by molar-refractivity contribution is -0.384. The van der Waals surface area contributed by atoms with Gasteiger partial charge >= 0.3 is 5.97 Å². The summed E-state index contributed by atoms with van der Waals surface area (Å²) >= 11 is 1.18. The van der Waals surface area contributed by atoms with E-state index in [1.165, 1.54) is 28.0 Å². The molecule has 2 aliphatic heterocycles. The van der Waals surface area contributed by atoms with Gasteiger partial charge in [-0.2, -0.15) is 0 Å². The Morgan fingerprint density at radius 2 is 1.88 bits per heavy atom. The maximum atomic E-state index is 14.0. The molecule has 0 aliphatic carbocycles. The van der Waals surface area contributed by atoms with Gasteiger partial charge in [-0.3, -0.25) is 19.5 Å². The van der Waals surface area contributed by atoms with Gasteiger partial charge < -0.3 is 19.3 Å². The first-order valence-electron chi connectivity index (χ1n) is 13.3. The predicted octanol–water partition coefficient (Wildman–Crippen LogP) is 2.47. The van der Waals surface area contributed by atoms with Gasteiger partial charge in [0.1, 0.15) is 5.75 Å². The molecule has 2 aliphatic rings. The van der Waals surface area contributed by atoms with Crippen LogP contribution >= 0.6 is 11.3 Å². The van der Waals surface area contributed by atoms with E-state index in [4.69, 9.17) is 9.47 Å². The number of methoxy groups -OCH3 is 1. The monoisotopic (exact) mass is 577 g/mol. The van der Waals surface area contributed by atoms with Gasteiger partial charge in [0.2, 0.25) is 0 Å². The number of ether oxygens (including phenoxy) is 2. The number of carbonyl (C=O) groups excluding carboxylic acids is 1. The van der Waals surface area contributed by atoms with Crippen molar-refractivity contribution >= 4 is 34.8 Å². The molecule has 0 radical (unpaired) electrons. The largest absolute Gasteiger partial charge is 0.497 e. The van der Waals surface area contributed by atoms with Crippen LogP contribution in [0.1, 0.15) is 31.0 Å². The number of non-ortho nitro benzene ring substituents is 1. The normalized spacial score (nSPS) is 17.7. The van der Waals surface area contributed by atoms with Gasteiger partial charge in [-0.15, -0.1) is 0 Å². The highest BCUT2D eigenvalue weighted by molar-refractivity contribution is 7.07. The van der Waals surface area contributed by atoms with Crippen molar-refractivity contribution in [3.8, 4) is 5.75 Å². The molecule has 214 valence electrons. The molecular formula is C29H31N5O6S. The third-order valence-electron chi connectivity index (χ3n) is 7.30. The van der Waals surface area contributed by atoms with E-state index in [2.05, 4.69) is 21.8 Å². The average molecular weight is 578 g/mol. The molecule has 3 aromatic rings. The summed E-state index contributed by atoms with van der Waals surface area (Å²) in [6, 6.07) is 11.1. The summed E-state index contributed by atoms with van der Waals surface area (Å²) in [5.41, 5.74) is 2.44. The smallest absolute Gasteiger partial charge is 0.338 e. The quantitative estimate of drug-likeness (QED) is 0.239. The number of nitrogens with zero attached hydrogens (tertiary/aromatic N) is 5. The molecular weight excluding hydrogens is 546 g/mol. The molecule has 0 saturated carbocycles. The standard InChI is InChI=1S/C29H31N5O6S/c1-5-40-28(36)25-18(2)30-29-33(26(25)19-6-9-22(39-4)10-7-19)27(35)24(41-29)17-20-16-21(34(37)38)8-11-23(20)32-14-12-31(3)13-15-32/h6-11,16-17,26H,5,12-15H2,1-4H3. The van der Waals surface area contributed by atoms with Gasteiger partial charge in [0.25, 0.3) is 11.2 Å². The number of carbonyl (C=O) groups is 1. The van der Waals surface area contributed by atoms with Crippen LogP contribution in [0, 0.1) is 10.1 Å². The molecule has 12 heteroatoms. The zero-order valence-corrected chi connectivity index (χ0v) is 24.1. The highest BCUT2D eigenvalue weighted by atomic mass is 32.1. The first kappa shape index (κ1) is 28.2. The molecule has 41 heavy (non-hydrogen) atoms. The maximum Gasteiger partial charge on any atom is 0.338 e. The molecule has 0 spiro atoms. The van der Waals surface area contributed by atoms with Gasteiger partial charge in [0.05, 0.1) is 40.5 Å². The topological polar surface area (TPSA) is 120 Å². The van der Waals surface area contributed by atoms with Crippen LogP contribution in [0.5, 0.6) is 5.75 Å². The lowest BCUT2D eigenvalue weighted by atomic mass is 9.96. The molecule has 3 heterocycles. The molecule has 11 nitrogen and oxygen atoms in total. The molecule has 1 aromatic heterocycles. The highest BCUT2D eigenvalue weighted by Crippen LogP contribution is 2.32. The molecule has 2 aromatic carbocycles. The zero-order chi connectivity index (χ0) is 29.3. The van der Waals surface area contributed by atoms with E-state index < -0.39 is 16.9 Å². The number of likely N-dealkylation sites (N-methyl/N-ethyl adjacent to an activating group) is 1. The molecule has 1 saturated heterocycles.